The third kappa shape index (κ3) is 1.93. The molecule has 0 aliphatic carbocycles. The third-order valence-corrected chi connectivity index (χ3v) is 3.44. The molecule has 2 heteroatoms. The fourth-order valence-electron chi connectivity index (χ4n) is 1.77. The summed E-state index contributed by atoms with van der Waals surface area (Å²) in [4.78, 5) is 10.8. The van der Waals surface area contributed by atoms with Gasteiger partial charge in [0.05, 0.1) is 4.48 Å². The summed E-state index contributed by atoms with van der Waals surface area (Å²) in [5.41, 5.74) is 2.06. The summed E-state index contributed by atoms with van der Waals surface area (Å²) in [5, 5.41) is 2.35. The molecule has 0 N–H and O–H groups in total. The molecule has 0 amide bonds. The van der Waals surface area contributed by atoms with Crippen LogP contribution in [-0.2, 0) is 4.79 Å². The molecular weight excluding hydrogens is 264 g/mol. The zero-order valence-corrected chi connectivity index (χ0v) is 10.5. The molecule has 2 rings (SSSR count). The maximum absolute atomic E-state index is 10.8. The first-order chi connectivity index (χ1) is 7.74. The van der Waals surface area contributed by atoms with Gasteiger partial charge in [-0.05, 0) is 44.8 Å². The minimum absolute atomic E-state index is 0.601. The van der Waals surface area contributed by atoms with E-state index in [0.29, 0.717) is 4.48 Å². The summed E-state index contributed by atoms with van der Waals surface area (Å²) >= 11 is 3.28. The molecule has 0 aliphatic rings. The highest BCUT2D eigenvalue weighted by Gasteiger charge is 2.05. The van der Waals surface area contributed by atoms with Gasteiger partial charge < -0.3 is 0 Å². The highest BCUT2D eigenvalue weighted by Crippen LogP contribution is 2.28. The summed E-state index contributed by atoms with van der Waals surface area (Å²) in [6, 6.07) is 14.3. The summed E-state index contributed by atoms with van der Waals surface area (Å²) in [6.07, 6.45) is 0.830. The molecule has 0 aliphatic heterocycles. The van der Waals surface area contributed by atoms with Crippen LogP contribution < -0.4 is 0 Å². The monoisotopic (exact) mass is 274 g/mol. The number of fused-ring (bicyclic) bond motifs is 1. The van der Waals surface area contributed by atoms with Gasteiger partial charge in [0, 0.05) is 0 Å². The van der Waals surface area contributed by atoms with Crippen LogP contribution >= 0.6 is 15.9 Å². The molecular formula is C14H11BrO. The minimum atomic E-state index is 0.601. The van der Waals surface area contributed by atoms with Crippen molar-refractivity contribution in [3.05, 3.63) is 52.5 Å². The van der Waals surface area contributed by atoms with Crippen LogP contribution in [0.3, 0.4) is 0 Å². The first-order valence-electron chi connectivity index (χ1n) is 5.03. The van der Waals surface area contributed by atoms with Crippen molar-refractivity contribution in [2.24, 2.45) is 0 Å². The van der Waals surface area contributed by atoms with Crippen molar-refractivity contribution in [3.8, 4) is 0 Å². The van der Waals surface area contributed by atoms with Gasteiger partial charge in [-0.15, -0.1) is 0 Å². The molecule has 80 valence electrons. The van der Waals surface area contributed by atoms with Crippen LogP contribution in [0.1, 0.15) is 12.5 Å². The molecule has 0 aromatic heterocycles. The SMILES string of the molecule is C/C(=C(/Br)C=O)c1cccc2ccccc12. The van der Waals surface area contributed by atoms with Crippen LogP contribution in [0.5, 0.6) is 0 Å². The van der Waals surface area contributed by atoms with Crippen molar-refractivity contribution < 1.29 is 4.79 Å². The zero-order chi connectivity index (χ0) is 11.5. The lowest BCUT2D eigenvalue weighted by atomic mass is 9.99. The van der Waals surface area contributed by atoms with E-state index in [9.17, 15) is 4.79 Å². The number of rotatable bonds is 2. The van der Waals surface area contributed by atoms with Crippen LogP contribution in [0.2, 0.25) is 0 Å². The van der Waals surface area contributed by atoms with E-state index in [0.717, 1.165) is 17.4 Å². The van der Waals surface area contributed by atoms with Crippen molar-refractivity contribution in [2.45, 2.75) is 6.92 Å². The highest BCUT2D eigenvalue weighted by atomic mass is 79.9. The van der Waals surface area contributed by atoms with Crippen molar-refractivity contribution in [3.63, 3.8) is 0 Å². The molecule has 1 nitrogen and oxygen atoms in total. The fourth-order valence-corrected chi connectivity index (χ4v) is 1.98. The minimum Gasteiger partial charge on any atom is -0.297 e. The summed E-state index contributed by atoms with van der Waals surface area (Å²) in [5.74, 6) is 0. The lowest BCUT2D eigenvalue weighted by molar-refractivity contribution is -0.104. The van der Waals surface area contributed by atoms with E-state index >= 15 is 0 Å². The van der Waals surface area contributed by atoms with Crippen LogP contribution in [-0.4, -0.2) is 6.29 Å². The van der Waals surface area contributed by atoms with Gasteiger partial charge in [-0.1, -0.05) is 42.5 Å². The Morgan fingerprint density at radius 1 is 1.12 bits per heavy atom. The smallest absolute Gasteiger partial charge is 0.157 e. The number of halogens is 1. The van der Waals surface area contributed by atoms with Gasteiger partial charge in [0.1, 0.15) is 0 Å². The topological polar surface area (TPSA) is 17.1 Å². The van der Waals surface area contributed by atoms with Crippen LogP contribution in [0.4, 0.5) is 0 Å². The number of carbonyl (C=O) groups excluding carboxylic acids is 1. The third-order valence-electron chi connectivity index (χ3n) is 2.66. The Morgan fingerprint density at radius 2 is 1.81 bits per heavy atom. The normalized spacial score (nSPS) is 12.4. The number of allylic oxidation sites excluding steroid dienone is 2. The molecule has 0 heterocycles. The number of benzene rings is 2. The standard InChI is InChI=1S/C14H11BrO/c1-10(14(15)9-16)12-8-4-6-11-5-2-3-7-13(11)12/h2-9H,1H3/b14-10-. The molecule has 2 aromatic carbocycles. The number of hydrogen-bond donors (Lipinski definition) is 0. The van der Waals surface area contributed by atoms with E-state index in [-0.39, 0.29) is 0 Å². The molecule has 0 bridgehead atoms. The number of hydrogen-bond acceptors (Lipinski definition) is 1. The van der Waals surface area contributed by atoms with Gasteiger partial charge in [0.15, 0.2) is 6.29 Å². The van der Waals surface area contributed by atoms with Crippen molar-refractivity contribution in [2.75, 3.05) is 0 Å². The molecule has 0 unspecified atom stereocenters. The van der Waals surface area contributed by atoms with Crippen molar-refractivity contribution in [1.29, 1.82) is 0 Å². The first-order valence-corrected chi connectivity index (χ1v) is 5.83. The Bertz CT molecular complexity index is 564. The quantitative estimate of drug-likeness (QED) is 0.594. The Morgan fingerprint density at radius 3 is 2.56 bits per heavy atom. The van der Waals surface area contributed by atoms with Crippen LogP contribution in [0, 0.1) is 0 Å². The molecule has 0 fully saturated rings. The first kappa shape index (κ1) is 11.1. The second-order valence-corrected chi connectivity index (χ2v) is 4.47. The van der Waals surface area contributed by atoms with E-state index in [4.69, 9.17) is 0 Å². The van der Waals surface area contributed by atoms with Gasteiger partial charge in [0.2, 0.25) is 0 Å². The molecule has 16 heavy (non-hydrogen) atoms. The van der Waals surface area contributed by atoms with Crippen LogP contribution in [0.25, 0.3) is 16.3 Å². The molecule has 0 radical (unpaired) electrons. The second kappa shape index (κ2) is 4.62. The highest BCUT2D eigenvalue weighted by molar-refractivity contribution is 9.12. The molecule has 2 aromatic rings. The van der Waals surface area contributed by atoms with E-state index < -0.39 is 0 Å². The lowest BCUT2D eigenvalue weighted by Gasteiger charge is -2.07. The molecule has 0 spiro atoms. The molecule has 0 atom stereocenters. The van der Waals surface area contributed by atoms with Crippen molar-refractivity contribution >= 4 is 38.6 Å². The second-order valence-electron chi connectivity index (χ2n) is 3.62. The molecule has 0 saturated heterocycles. The summed E-state index contributed by atoms with van der Waals surface area (Å²) in [7, 11) is 0. The Hall–Kier alpha value is -1.41. The average molecular weight is 275 g/mol. The van der Waals surface area contributed by atoms with Gasteiger partial charge in [0.25, 0.3) is 0 Å². The summed E-state index contributed by atoms with van der Waals surface area (Å²) in [6.45, 7) is 1.94. The lowest BCUT2D eigenvalue weighted by Crippen LogP contribution is -1.86. The van der Waals surface area contributed by atoms with Gasteiger partial charge in [-0.3, -0.25) is 4.79 Å². The predicted octanol–water partition coefficient (Wildman–Crippen LogP) is 4.16. The summed E-state index contributed by atoms with van der Waals surface area (Å²) < 4.78 is 0.601. The van der Waals surface area contributed by atoms with Crippen LogP contribution in [0.15, 0.2) is 46.9 Å². The number of aldehydes is 1. The predicted molar refractivity (Wildman–Crippen MR) is 71.5 cm³/mol. The van der Waals surface area contributed by atoms with Gasteiger partial charge in [-0.25, -0.2) is 0 Å². The Kier molecular flexibility index (Phi) is 3.20. The van der Waals surface area contributed by atoms with E-state index in [1.54, 1.807) is 0 Å². The maximum atomic E-state index is 10.8. The van der Waals surface area contributed by atoms with E-state index in [1.807, 2.05) is 31.2 Å². The van der Waals surface area contributed by atoms with E-state index in [1.165, 1.54) is 10.8 Å². The Labute approximate surface area is 103 Å². The van der Waals surface area contributed by atoms with E-state index in [2.05, 4.69) is 34.1 Å². The van der Waals surface area contributed by atoms with Gasteiger partial charge in [-0.2, -0.15) is 0 Å². The fraction of sp³-hybridized carbons (Fsp3) is 0.0714. The zero-order valence-electron chi connectivity index (χ0n) is 8.91. The largest absolute Gasteiger partial charge is 0.297 e. The van der Waals surface area contributed by atoms with Crippen molar-refractivity contribution in [1.82, 2.24) is 0 Å². The average Bonchev–Trinajstić information content (AvgIpc) is 2.36. The molecule has 0 saturated carbocycles. The van der Waals surface area contributed by atoms with Gasteiger partial charge >= 0.3 is 0 Å². The number of carbonyl (C=O) groups is 1. The maximum Gasteiger partial charge on any atom is 0.157 e. The Balaban J connectivity index is 2.75.